The molecule has 0 bridgehead atoms. The van der Waals surface area contributed by atoms with E-state index in [0.29, 0.717) is 0 Å². The molecule has 0 aromatic rings. The molecule has 8 heteroatoms. The van der Waals surface area contributed by atoms with Gasteiger partial charge in [0.2, 0.25) is 0 Å². The maximum absolute atomic E-state index is 8.55. The fourth-order valence-corrected chi connectivity index (χ4v) is 0. The molecule has 8 heavy (non-hydrogen) atoms. The first-order valence-electron chi connectivity index (χ1n) is 0.899. The largest absolute Gasteiger partial charge is 3.00 e. The SMILES string of the molecule is O=P([O-])([O-])[O-].[Cl][V].[V+3]. The molecule has 0 aromatic heterocycles. The Kier molecular flexibility index (Phi) is 17.4. The molecule has 0 fully saturated rings. The van der Waals surface area contributed by atoms with Gasteiger partial charge in [0.15, 0.2) is 0 Å². The van der Waals surface area contributed by atoms with Gasteiger partial charge in [-0.2, -0.15) is 7.82 Å². The van der Waals surface area contributed by atoms with Crippen molar-refractivity contribution >= 4 is 17.7 Å². The molecule has 0 saturated heterocycles. The summed E-state index contributed by atoms with van der Waals surface area (Å²) in [4.78, 5) is 25.6. The Hall–Kier alpha value is 1.57. The van der Waals surface area contributed by atoms with E-state index in [0.717, 1.165) is 0 Å². The van der Waals surface area contributed by atoms with Crippen LogP contribution in [0, 0.1) is 0 Å². The Morgan fingerprint density at radius 3 is 1.25 bits per heavy atom. The first kappa shape index (κ1) is 16.3. The predicted octanol–water partition coefficient (Wildman–Crippen LogP) is -2.14. The van der Waals surface area contributed by atoms with Gasteiger partial charge in [0.25, 0.3) is 0 Å². The van der Waals surface area contributed by atoms with Gasteiger partial charge in [0, 0.05) is 0 Å². The summed E-state index contributed by atoms with van der Waals surface area (Å²) in [6.07, 6.45) is 0. The summed E-state index contributed by atoms with van der Waals surface area (Å²) in [5.41, 5.74) is 0. The van der Waals surface area contributed by atoms with Crippen molar-refractivity contribution in [1.82, 2.24) is 0 Å². The molecule has 0 saturated carbocycles. The van der Waals surface area contributed by atoms with Gasteiger partial charge in [0.05, 0.1) is 0 Å². The van der Waals surface area contributed by atoms with E-state index in [1.165, 1.54) is 0 Å². The van der Waals surface area contributed by atoms with Crippen LogP contribution in [0.1, 0.15) is 0 Å². The van der Waals surface area contributed by atoms with Gasteiger partial charge in [-0.25, -0.2) is 0 Å². The molecule has 0 rings (SSSR count). The predicted molar refractivity (Wildman–Crippen MR) is 13.5 cm³/mol. The smallest absolute Gasteiger partial charge is 3.00 e. The van der Waals surface area contributed by atoms with Gasteiger partial charge >= 0.3 is 44.9 Å². The molecule has 0 aromatic carbocycles. The molecule has 0 spiro atoms. The zero-order valence-corrected chi connectivity index (χ0v) is 7.80. The fraction of sp³-hybridized carbons (Fsp3) is 0. The third kappa shape index (κ3) is 133. The van der Waals surface area contributed by atoms with Crippen molar-refractivity contribution in [2.45, 2.75) is 0 Å². The van der Waals surface area contributed by atoms with Crippen LogP contribution in [-0.2, 0) is 39.6 Å². The first-order chi connectivity index (χ1) is 3.00. The quantitative estimate of drug-likeness (QED) is 0.446. The number of halogens is 1. The summed E-state index contributed by atoms with van der Waals surface area (Å²) < 4.78 is 8.55. The molecule has 0 aliphatic heterocycles. The van der Waals surface area contributed by atoms with E-state index < -0.39 is 7.82 Å². The number of hydrogen-bond acceptors (Lipinski definition) is 4. The summed E-state index contributed by atoms with van der Waals surface area (Å²) in [6, 6.07) is 0. The van der Waals surface area contributed by atoms with Crippen LogP contribution in [0.3, 0.4) is 0 Å². The van der Waals surface area contributed by atoms with Gasteiger partial charge < -0.3 is 19.2 Å². The van der Waals surface area contributed by atoms with Gasteiger partial charge in [-0.3, -0.25) is 0 Å². The van der Waals surface area contributed by atoms with E-state index in [9.17, 15) is 0 Å². The minimum atomic E-state index is -5.39. The summed E-state index contributed by atoms with van der Waals surface area (Å²) >= 11 is 1.78. The van der Waals surface area contributed by atoms with Crippen molar-refractivity contribution < 1.29 is 54.3 Å². The maximum Gasteiger partial charge on any atom is 3.00 e. The zero-order chi connectivity index (χ0) is 6.50. The van der Waals surface area contributed by atoms with Crippen molar-refractivity contribution in [3.05, 3.63) is 0 Å². The third-order valence-corrected chi connectivity index (χ3v) is 0. The van der Waals surface area contributed by atoms with Crippen LogP contribution < -0.4 is 14.7 Å². The molecule has 46 valence electrons. The fourth-order valence-electron chi connectivity index (χ4n) is 0. The molecule has 0 aliphatic carbocycles. The standard InChI is InChI=1S/ClH.H3O4P.2V/c;1-5(2,3)4;;/h1H;(H3,1,2,3,4);;/q;;+1;+3/p-4. The van der Waals surface area contributed by atoms with Crippen molar-refractivity contribution in [2.75, 3.05) is 0 Å². The second-order valence-corrected chi connectivity index (χ2v) is 1.34. The molecule has 0 heterocycles. The van der Waals surface area contributed by atoms with Gasteiger partial charge in [-0.05, 0) is 0 Å². The summed E-state index contributed by atoms with van der Waals surface area (Å²) in [5, 5.41) is 0. The zero-order valence-electron chi connectivity index (χ0n) is 3.35. The van der Waals surface area contributed by atoms with E-state index in [2.05, 4.69) is 9.85 Å². The average molecular weight is 232 g/mol. The van der Waals surface area contributed by atoms with Crippen LogP contribution in [0.5, 0.6) is 0 Å². The molecule has 0 unspecified atom stereocenters. The van der Waals surface area contributed by atoms with E-state index in [1.54, 1.807) is 16.5 Å². The molecule has 0 amide bonds. The Morgan fingerprint density at radius 2 is 1.25 bits per heavy atom. The Balaban J connectivity index is -0.0000000750. The van der Waals surface area contributed by atoms with Crippen molar-refractivity contribution in [2.24, 2.45) is 0 Å². The van der Waals surface area contributed by atoms with Crippen molar-refractivity contribution in [3.63, 3.8) is 0 Å². The third-order valence-electron chi connectivity index (χ3n) is 0. The molecule has 0 atom stereocenters. The summed E-state index contributed by atoms with van der Waals surface area (Å²) in [6.45, 7) is 0. The number of phosphoric acid groups is 1. The summed E-state index contributed by atoms with van der Waals surface area (Å²) in [5.74, 6) is 0. The molecule has 0 aliphatic rings. The second-order valence-electron chi connectivity index (χ2n) is 0.447. The van der Waals surface area contributed by atoms with E-state index >= 15 is 0 Å². The molecular weight excluding hydrogens is 232 g/mol. The van der Waals surface area contributed by atoms with E-state index in [1.807, 2.05) is 0 Å². The normalized spacial score (nSPS) is 8.00. The minimum absolute atomic E-state index is 0. The van der Waals surface area contributed by atoms with E-state index in [4.69, 9.17) is 19.2 Å². The van der Waals surface area contributed by atoms with E-state index in [-0.39, 0.29) is 18.6 Å². The average Bonchev–Trinajstić information content (AvgIpc) is 1.36. The first-order valence-corrected chi connectivity index (χ1v) is 4.28. The minimum Gasteiger partial charge on any atom is 3.00 e. The van der Waals surface area contributed by atoms with Crippen LogP contribution in [-0.4, -0.2) is 0 Å². The van der Waals surface area contributed by atoms with Crippen LogP contribution in [0.25, 0.3) is 0 Å². The number of hydrogen-bond donors (Lipinski definition) is 0. The van der Waals surface area contributed by atoms with Crippen molar-refractivity contribution in [1.29, 1.82) is 0 Å². The Bertz CT molecular complexity index is 60.2. The summed E-state index contributed by atoms with van der Waals surface area (Å²) in [7, 11) is -0.813. The maximum atomic E-state index is 8.55. The van der Waals surface area contributed by atoms with Crippen LogP contribution in [0.15, 0.2) is 0 Å². The van der Waals surface area contributed by atoms with Crippen LogP contribution in [0.2, 0.25) is 0 Å². The van der Waals surface area contributed by atoms with Crippen LogP contribution in [0.4, 0.5) is 0 Å². The Labute approximate surface area is 71.8 Å². The second kappa shape index (κ2) is 8.57. The Morgan fingerprint density at radius 1 is 1.25 bits per heavy atom. The number of rotatable bonds is 0. The molecular formula is ClO4PV2. The monoisotopic (exact) mass is 232 g/mol. The molecule has 0 radical (unpaired) electrons. The molecule has 0 N–H and O–H groups in total. The topological polar surface area (TPSA) is 86.2 Å². The van der Waals surface area contributed by atoms with Gasteiger partial charge in [-0.15, -0.1) is 0 Å². The van der Waals surface area contributed by atoms with Crippen molar-refractivity contribution in [3.8, 4) is 0 Å². The van der Waals surface area contributed by atoms with Gasteiger partial charge in [-0.1, -0.05) is 0 Å². The van der Waals surface area contributed by atoms with Gasteiger partial charge in [0.1, 0.15) is 0 Å². The van der Waals surface area contributed by atoms with Crippen LogP contribution >= 0.6 is 17.7 Å². The molecule has 4 nitrogen and oxygen atoms in total.